The molecule has 3 heteroatoms. The Morgan fingerprint density at radius 1 is 1.26 bits per heavy atom. The second-order valence-corrected chi connectivity index (χ2v) is 7.63. The van der Waals surface area contributed by atoms with Crippen molar-refractivity contribution in [2.75, 3.05) is 0 Å². The van der Waals surface area contributed by atoms with E-state index in [9.17, 15) is 4.79 Å². The van der Waals surface area contributed by atoms with Crippen LogP contribution in [0.1, 0.15) is 68.2 Å². The highest BCUT2D eigenvalue weighted by atomic mass is 16.1. The molecular formula is C16H22N2O. The average Bonchev–Trinajstić information content (AvgIpc) is 2.98. The van der Waals surface area contributed by atoms with Gasteiger partial charge in [-0.25, -0.2) is 4.98 Å². The fourth-order valence-electron chi connectivity index (χ4n) is 4.67. The largest absolute Gasteiger partial charge is 0.325 e. The number of Topliss-reactive ketones (excluding diaryl/α,β-unsaturated/α-hetero) is 1. The van der Waals surface area contributed by atoms with Crippen LogP contribution in [-0.4, -0.2) is 15.3 Å². The lowest BCUT2D eigenvalue weighted by Gasteiger charge is -2.30. The van der Waals surface area contributed by atoms with Crippen LogP contribution in [0, 0.1) is 17.3 Å². The summed E-state index contributed by atoms with van der Waals surface area (Å²) in [6.07, 6.45) is 8.96. The fraction of sp³-hybridized carbons (Fsp3) is 0.750. The Labute approximate surface area is 114 Å². The third kappa shape index (κ3) is 1.70. The van der Waals surface area contributed by atoms with Crippen molar-refractivity contribution in [3.05, 3.63) is 17.7 Å². The fourth-order valence-corrected chi connectivity index (χ4v) is 4.67. The molecule has 102 valence electrons. The maximum atomic E-state index is 12.5. The van der Waals surface area contributed by atoms with Crippen molar-refractivity contribution < 1.29 is 4.79 Å². The van der Waals surface area contributed by atoms with Gasteiger partial charge in [-0.3, -0.25) is 4.79 Å². The predicted octanol–water partition coefficient (Wildman–Crippen LogP) is 3.40. The molecule has 4 rings (SSSR count). The Hall–Kier alpha value is -1.12. The second kappa shape index (κ2) is 3.71. The van der Waals surface area contributed by atoms with Crippen LogP contribution in [-0.2, 0) is 6.42 Å². The minimum atomic E-state index is 0.0813. The summed E-state index contributed by atoms with van der Waals surface area (Å²) in [5.74, 6) is 2.01. The highest BCUT2D eigenvalue weighted by Gasteiger charge is 2.43. The molecule has 0 N–H and O–H groups in total. The third-order valence-corrected chi connectivity index (χ3v) is 5.48. The van der Waals surface area contributed by atoms with E-state index >= 15 is 0 Å². The van der Waals surface area contributed by atoms with E-state index in [-0.39, 0.29) is 5.41 Å². The van der Waals surface area contributed by atoms with E-state index in [0.717, 1.165) is 29.6 Å². The molecule has 0 amide bonds. The van der Waals surface area contributed by atoms with Crippen LogP contribution in [0.15, 0.2) is 6.33 Å². The molecule has 2 bridgehead atoms. The Morgan fingerprint density at radius 2 is 2.11 bits per heavy atom. The first kappa shape index (κ1) is 11.7. The van der Waals surface area contributed by atoms with Crippen molar-refractivity contribution in [1.82, 2.24) is 9.55 Å². The van der Waals surface area contributed by atoms with Crippen LogP contribution in [0.4, 0.5) is 0 Å². The van der Waals surface area contributed by atoms with Crippen molar-refractivity contribution >= 4 is 5.78 Å². The molecule has 1 aromatic heterocycles. The molecule has 3 atom stereocenters. The molecule has 0 spiro atoms. The minimum absolute atomic E-state index is 0.0813. The van der Waals surface area contributed by atoms with Gasteiger partial charge in [0.1, 0.15) is 5.69 Å². The Kier molecular flexibility index (Phi) is 2.28. The van der Waals surface area contributed by atoms with Gasteiger partial charge in [-0.1, -0.05) is 20.3 Å². The van der Waals surface area contributed by atoms with Crippen molar-refractivity contribution in [3.8, 4) is 0 Å². The van der Waals surface area contributed by atoms with Gasteiger partial charge in [-0.05, 0) is 42.9 Å². The molecule has 3 aliphatic carbocycles. The maximum absolute atomic E-state index is 12.5. The van der Waals surface area contributed by atoms with Crippen LogP contribution < -0.4 is 0 Å². The van der Waals surface area contributed by atoms with E-state index in [0.29, 0.717) is 18.2 Å². The number of nitrogens with zero attached hydrogens (tertiary/aromatic N) is 2. The standard InChI is InChI=1S/C16H22N2O/c1-16(2)7-12-15(14(19)8-16)18(9-17-12)13-6-10-3-4-11(13)5-10/h9-11,13H,3-8H2,1-2H3/t10-,11-,13-/m0/s1. The van der Waals surface area contributed by atoms with Crippen LogP contribution >= 0.6 is 0 Å². The molecule has 1 aromatic rings. The summed E-state index contributed by atoms with van der Waals surface area (Å²) in [4.78, 5) is 17.1. The summed E-state index contributed by atoms with van der Waals surface area (Å²) in [6.45, 7) is 4.34. The monoisotopic (exact) mass is 258 g/mol. The van der Waals surface area contributed by atoms with E-state index < -0.39 is 0 Å². The number of aromatic nitrogens is 2. The van der Waals surface area contributed by atoms with Gasteiger partial charge in [0.05, 0.1) is 12.0 Å². The SMILES string of the molecule is CC1(C)CC(=O)c2c(ncn2[C@H]2C[C@H]3CC[C@H]2C3)C1. The highest BCUT2D eigenvalue weighted by molar-refractivity contribution is 5.97. The van der Waals surface area contributed by atoms with Crippen molar-refractivity contribution in [1.29, 1.82) is 0 Å². The molecule has 0 radical (unpaired) electrons. The number of carbonyl (C=O) groups is 1. The molecule has 1 heterocycles. The van der Waals surface area contributed by atoms with Gasteiger partial charge in [0.15, 0.2) is 5.78 Å². The van der Waals surface area contributed by atoms with Crippen molar-refractivity contribution in [2.45, 2.75) is 58.4 Å². The van der Waals surface area contributed by atoms with Gasteiger partial charge in [0.25, 0.3) is 0 Å². The maximum Gasteiger partial charge on any atom is 0.181 e. The van der Waals surface area contributed by atoms with Gasteiger partial charge < -0.3 is 4.57 Å². The third-order valence-electron chi connectivity index (χ3n) is 5.48. The summed E-state index contributed by atoms with van der Waals surface area (Å²) in [6, 6.07) is 0.556. The zero-order chi connectivity index (χ0) is 13.2. The van der Waals surface area contributed by atoms with Crippen LogP contribution in [0.5, 0.6) is 0 Å². The molecule has 0 unspecified atom stereocenters. The molecule has 2 fully saturated rings. The molecule has 3 nitrogen and oxygen atoms in total. The lowest BCUT2D eigenvalue weighted by Crippen LogP contribution is -2.30. The van der Waals surface area contributed by atoms with Crippen LogP contribution in [0.2, 0.25) is 0 Å². The topological polar surface area (TPSA) is 34.9 Å². The molecule has 3 aliphatic rings. The van der Waals surface area contributed by atoms with Crippen molar-refractivity contribution in [3.63, 3.8) is 0 Å². The molecule has 2 saturated carbocycles. The van der Waals surface area contributed by atoms with E-state index in [1.807, 2.05) is 6.33 Å². The van der Waals surface area contributed by atoms with E-state index in [2.05, 4.69) is 23.4 Å². The quantitative estimate of drug-likeness (QED) is 0.773. The lowest BCUT2D eigenvalue weighted by molar-refractivity contribution is 0.0896. The number of rotatable bonds is 1. The lowest BCUT2D eigenvalue weighted by atomic mass is 9.77. The summed E-state index contributed by atoms with van der Waals surface area (Å²) >= 11 is 0. The summed E-state index contributed by atoms with van der Waals surface area (Å²) in [5, 5.41) is 0. The minimum Gasteiger partial charge on any atom is -0.325 e. The number of imidazole rings is 1. The summed E-state index contributed by atoms with van der Waals surface area (Å²) in [5.41, 5.74) is 2.07. The zero-order valence-electron chi connectivity index (χ0n) is 11.9. The van der Waals surface area contributed by atoms with Gasteiger partial charge in [0.2, 0.25) is 0 Å². The van der Waals surface area contributed by atoms with Gasteiger partial charge in [-0.2, -0.15) is 0 Å². The first-order valence-corrected chi connectivity index (χ1v) is 7.62. The zero-order valence-corrected chi connectivity index (χ0v) is 11.9. The van der Waals surface area contributed by atoms with Gasteiger partial charge in [-0.15, -0.1) is 0 Å². The van der Waals surface area contributed by atoms with Crippen LogP contribution in [0.25, 0.3) is 0 Å². The first-order chi connectivity index (χ1) is 9.03. The van der Waals surface area contributed by atoms with E-state index in [4.69, 9.17) is 0 Å². The molecular weight excluding hydrogens is 236 g/mol. The Bertz CT molecular complexity index is 543. The van der Waals surface area contributed by atoms with E-state index in [1.165, 1.54) is 25.7 Å². The molecule has 0 aromatic carbocycles. The molecule has 0 saturated heterocycles. The number of fused-ring (bicyclic) bond motifs is 3. The van der Waals surface area contributed by atoms with Gasteiger partial charge in [0, 0.05) is 12.5 Å². The average molecular weight is 258 g/mol. The normalized spacial score (nSPS) is 35.7. The first-order valence-electron chi connectivity index (χ1n) is 7.62. The second-order valence-electron chi connectivity index (χ2n) is 7.63. The Balaban J connectivity index is 1.72. The number of carbonyl (C=O) groups excluding carboxylic acids is 1. The number of ketones is 1. The number of hydrogen-bond acceptors (Lipinski definition) is 2. The molecule has 19 heavy (non-hydrogen) atoms. The number of hydrogen-bond donors (Lipinski definition) is 0. The summed E-state index contributed by atoms with van der Waals surface area (Å²) < 4.78 is 2.25. The van der Waals surface area contributed by atoms with Crippen molar-refractivity contribution in [2.24, 2.45) is 17.3 Å². The van der Waals surface area contributed by atoms with E-state index in [1.54, 1.807) is 0 Å². The predicted molar refractivity (Wildman–Crippen MR) is 73.1 cm³/mol. The summed E-state index contributed by atoms with van der Waals surface area (Å²) in [7, 11) is 0. The van der Waals surface area contributed by atoms with Gasteiger partial charge >= 0.3 is 0 Å². The highest BCUT2D eigenvalue weighted by Crippen LogP contribution is 2.51. The smallest absolute Gasteiger partial charge is 0.181 e. The Morgan fingerprint density at radius 3 is 2.79 bits per heavy atom. The van der Waals surface area contributed by atoms with Crippen LogP contribution in [0.3, 0.4) is 0 Å². The molecule has 0 aliphatic heterocycles.